The fourth-order valence-corrected chi connectivity index (χ4v) is 1.43. The molecule has 0 aliphatic heterocycles. The van der Waals surface area contributed by atoms with Crippen LogP contribution in [0.5, 0.6) is 0 Å². The van der Waals surface area contributed by atoms with Crippen LogP contribution in [0, 0.1) is 0 Å². The van der Waals surface area contributed by atoms with Crippen molar-refractivity contribution in [3.8, 4) is 0 Å². The summed E-state index contributed by atoms with van der Waals surface area (Å²) >= 11 is 0. The third-order valence-electron chi connectivity index (χ3n) is 1.74. The number of phosphoric ester groups is 1. The van der Waals surface area contributed by atoms with Gasteiger partial charge in [0, 0.05) is 0 Å². The average molecular weight is 276 g/mol. The maximum absolute atomic E-state index is 10.6. The number of rotatable bonds is 7. The van der Waals surface area contributed by atoms with Crippen LogP contribution >= 0.6 is 7.82 Å². The van der Waals surface area contributed by atoms with Gasteiger partial charge in [-0.05, 0) is 0 Å². The highest BCUT2D eigenvalue weighted by atomic mass is 31.2. The Morgan fingerprint density at radius 1 is 1.18 bits per heavy atom. The number of carbonyl (C=O) groups is 1. The van der Waals surface area contributed by atoms with E-state index in [-0.39, 0.29) is 0 Å². The molecule has 0 aromatic heterocycles. The maximum Gasteiger partial charge on any atom is 0.470 e. The lowest BCUT2D eigenvalue weighted by Crippen LogP contribution is -2.49. The van der Waals surface area contributed by atoms with Gasteiger partial charge in [-0.2, -0.15) is 0 Å². The van der Waals surface area contributed by atoms with E-state index in [9.17, 15) is 14.5 Å². The van der Waals surface area contributed by atoms with Gasteiger partial charge in [0.05, 0.1) is 6.61 Å². The molecule has 0 rings (SSSR count). The maximum atomic E-state index is 10.6. The van der Waals surface area contributed by atoms with Crippen molar-refractivity contribution in [2.45, 2.75) is 24.4 Å². The molecule has 0 aromatic carbocycles. The van der Waals surface area contributed by atoms with Gasteiger partial charge >= 0.3 is 13.8 Å². The summed E-state index contributed by atoms with van der Waals surface area (Å²) in [5.41, 5.74) is 0. The van der Waals surface area contributed by atoms with E-state index in [1.54, 1.807) is 0 Å². The first-order valence-corrected chi connectivity index (χ1v) is 5.75. The Bertz CT molecular complexity index is 299. The number of aliphatic hydroxyl groups is 4. The van der Waals surface area contributed by atoms with Crippen molar-refractivity contribution in [1.29, 1.82) is 0 Å². The average Bonchev–Trinajstić information content (AvgIpc) is 2.21. The highest BCUT2D eigenvalue weighted by Gasteiger charge is 2.40. The fourth-order valence-electron chi connectivity index (χ4n) is 0.916. The molecule has 0 aromatic rings. The van der Waals surface area contributed by atoms with E-state index in [0.29, 0.717) is 0 Å². The van der Waals surface area contributed by atoms with Crippen molar-refractivity contribution in [2.24, 2.45) is 0 Å². The zero-order valence-corrected chi connectivity index (χ0v) is 9.21. The zero-order chi connectivity index (χ0) is 13.8. The summed E-state index contributed by atoms with van der Waals surface area (Å²) in [6.07, 6.45) is -8.81. The molecule has 11 heteroatoms. The highest BCUT2D eigenvalue weighted by molar-refractivity contribution is 7.46. The van der Waals surface area contributed by atoms with Gasteiger partial charge in [0.25, 0.3) is 0 Å². The molecule has 0 fully saturated rings. The van der Waals surface area contributed by atoms with Gasteiger partial charge in [-0.3, -0.25) is 4.52 Å². The molecule has 0 spiro atoms. The predicted octanol–water partition coefficient (Wildman–Crippen LogP) is -3.38. The molecular formula is C6H13O10P. The van der Waals surface area contributed by atoms with Gasteiger partial charge in [0.1, 0.15) is 18.3 Å². The molecule has 102 valence electrons. The van der Waals surface area contributed by atoms with Crippen molar-refractivity contribution < 1.29 is 49.2 Å². The SMILES string of the molecule is O=C(O)[C@H](OP(=O)(O)O)[C@@H](O)[C@@H](O)[C@H](O)CO. The summed E-state index contributed by atoms with van der Waals surface area (Å²) in [7, 11) is -5.20. The Kier molecular flexibility index (Phi) is 6.16. The van der Waals surface area contributed by atoms with Crippen LogP contribution in [0.15, 0.2) is 0 Å². The van der Waals surface area contributed by atoms with E-state index in [1.165, 1.54) is 0 Å². The Morgan fingerprint density at radius 2 is 1.65 bits per heavy atom. The smallest absolute Gasteiger partial charge is 0.470 e. The minimum absolute atomic E-state index is 0.986. The van der Waals surface area contributed by atoms with E-state index >= 15 is 0 Å². The summed E-state index contributed by atoms with van der Waals surface area (Å²) in [6, 6.07) is 0. The summed E-state index contributed by atoms with van der Waals surface area (Å²) in [4.78, 5) is 27.3. The predicted molar refractivity (Wildman–Crippen MR) is 49.7 cm³/mol. The Hall–Kier alpha value is -0.580. The van der Waals surface area contributed by atoms with Crippen molar-refractivity contribution in [3.05, 3.63) is 0 Å². The van der Waals surface area contributed by atoms with Crippen LogP contribution in [0.2, 0.25) is 0 Å². The fraction of sp³-hybridized carbons (Fsp3) is 0.833. The van der Waals surface area contributed by atoms with Gasteiger partial charge < -0.3 is 35.3 Å². The van der Waals surface area contributed by atoms with Crippen LogP contribution < -0.4 is 0 Å². The van der Waals surface area contributed by atoms with Gasteiger partial charge in [-0.25, -0.2) is 9.36 Å². The number of aliphatic carboxylic acids is 1. The highest BCUT2D eigenvalue weighted by Crippen LogP contribution is 2.38. The number of hydrogen-bond donors (Lipinski definition) is 7. The lowest BCUT2D eigenvalue weighted by atomic mass is 10.0. The number of carboxylic acid groups (broad SMARTS) is 1. The molecule has 0 bridgehead atoms. The van der Waals surface area contributed by atoms with Crippen LogP contribution in [0.3, 0.4) is 0 Å². The molecule has 17 heavy (non-hydrogen) atoms. The van der Waals surface area contributed by atoms with Crippen LogP contribution in [0.25, 0.3) is 0 Å². The van der Waals surface area contributed by atoms with Crippen LogP contribution in [0.1, 0.15) is 0 Å². The first-order valence-electron chi connectivity index (χ1n) is 4.22. The molecule has 0 aliphatic rings. The first-order chi connectivity index (χ1) is 7.60. The van der Waals surface area contributed by atoms with E-state index in [0.717, 1.165) is 0 Å². The minimum Gasteiger partial charge on any atom is -0.479 e. The van der Waals surface area contributed by atoms with Crippen molar-refractivity contribution in [1.82, 2.24) is 0 Å². The van der Waals surface area contributed by atoms with Crippen LogP contribution in [-0.2, 0) is 13.9 Å². The molecule has 0 saturated heterocycles. The number of carboxylic acids is 1. The molecule has 0 unspecified atom stereocenters. The second kappa shape index (κ2) is 6.38. The molecule has 0 aliphatic carbocycles. The Labute approximate surface area is 94.9 Å². The topological polar surface area (TPSA) is 185 Å². The van der Waals surface area contributed by atoms with Gasteiger partial charge in [-0.15, -0.1) is 0 Å². The van der Waals surface area contributed by atoms with E-state index in [4.69, 9.17) is 30.2 Å². The van der Waals surface area contributed by atoms with E-state index in [2.05, 4.69) is 4.52 Å². The van der Waals surface area contributed by atoms with E-state index < -0.39 is 44.8 Å². The minimum atomic E-state index is -5.20. The number of phosphoric acid groups is 1. The molecule has 0 radical (unpaired) electrons. The molecule has 0 heterocycles. The first kappa shape index (κ1) is 16.4. The van der Waals surface area contributed by atoms with Crippen LogP contribution in [0.4, 0.5) is 0 Å². The van der Waals surface area contributed by atoms with Gasteiger partial charge in [0.15, 0.2) is 6.10 Å². The monoisotopic (exact) mass is 276 g/mol. The molecule has 7 N–H and O–H groups in total. The Morgan fingerprint density at radius 3 is 1.94 bits per heavy atom. The number of hydrogen-bond acceptors (Lipinski definition) is 7. The second-order valence-electron chi connectivity index (χ2n) is 3.09. The van der Waals surface area contributed by atoms with Crippen molar-refractivity contribution in [2.75, 3.05) is 6.61 Å². The molecule has 0 amide bonds. The normalized spacial score (nSPS) is 19.4. The van der Waals surface area contributed by atoms with Gasteiger partial charge in [-0.1, -0.05) is 0 Å². The van der Waals surface area contributed by atoms with E-state index in [1.807, 2.05) is 0 Å². The largest absolute Gasteiger partial charge is 0.479 e. The number of aliphatic hydroxyl groups excluding tert-OH is 4. The molecule has 4 atom stereocenters. The quantitative estimate of drug-likeness (QED) is 0.231. The summed E-state index contributed by atoms with van der Waals surface area (Å²) in [6.45, 7) is -0.986. The molecular weight excluding hydrogens is 263 g/mol. The lowest BCUT2D eigenvalue weighted by Gasteiger charge is -2.26. The third kappa shape index (κ3) is 5.52. The van der Waals surface area contributed by atoms with Crippen molar-refractivity contribution in [3.63, 3.8) is 0 Å². The summed E-state index contributed by atoms with van der Waals surface area (Å²) in [5.74, 6) is -1.95. The second-order valence-corrected chi connectivity index (χ2v) is 4.28. The molecule has 0 saturated carbocycles. The zero-order valence-electron chi connectivity index (χ0n) is 8.32. The molecule has 10 nitrogen and oxygen atoms in total. The summed E-state index contributed by atoms with van der Waals surface area (Å²) in [5, 5.41) is 44.3. The standard InChI is InChI=1S/C6H13O10P/c7-1-2(8)3(9)4(10)5(6(11)12)16-17(13,14)15/h2-5,7-10H,1H2,(H,11,12)(H2,13,14,15)/t2-,3+,4+,5-/m1/s1. The van der Waals surface area contributed by atoms with Crippen molar-refractivity contribution >= 4 is 13.8 Å². The summed E-state index contributed by atoms with van der Waals surface area (Å²) < 4.78 is 14.2. The van der Waals surface area contributed by atoms with Crippen LogP contribution in [-0.4, -0.2) is 72.3 Å². The Balaban J connectivity index is 4.83. The lowest BCUT2D eigenvalue weighted by molar-refractivity contribution is -0.162. The van der Waals surface area contributed by atoms with Gasteiger partial charge in [0.2, 0.25) is 0 Å². The third-order valence-corrected chi connectivity index (χ3v) is 2.24.